The van der Waals surface area contributed by atoms with Crippen molar-refractivity contribution in [1.82, 2.24) is 14.7 Å². The maximum absolute atomic E-state index is 13.0. The molecule has 0 amide bonds. The zero-order valence-electron chi connectivity index (χ0n) is 12.9. The Morgan fingerprint density at radius 2 is 2.09 bits per heavy atom. The van der Waals surface area contributed by atoms with Gasteiger partial charge >= 0.3 is 0 Å². The van der Waals surface area contributed by atoms with Gasteiger partial charge in [-0.1, -0.05) is 12.1 Å². The fourth-order valence-corrected chi connectivity index (χ4v) is 2.83. The van der Waals surface area contributed by atoms with Crippen LogP contribution in [0.25, 0.3) is 0 Å². The van der Waals surface area contributed by atoms with E-state index in [0.29, 0.717) is 0 Å². The number of halogens is 1. The largest absolute Gasteiger partial charge is 0.371 e. The minimum absolute atomic E-state index is 0.0429. The standard InChI is InChI=1S/C17H22FN3O/c1-14-11-19-21(12-14)8-2-7-20-9-10-22-17(13-20)15-3-5-16(18)6-4-15/h3-6,11-12,17H,2,7-10,13H2,1H3. The van der Waals surface area contributed by atoms with Gasteiger partial charge in [-0.2, -0.15) is 5.10 Å². The van der Waals surface area contributed by atoms with Crippen LogP contribution in [0.5, 0.6) is 0 Å². The second-order valence-corrected chi connectivity index (χ2v) is 5.85. The van der Waals surface area contributed by atoms with Crippen LogP contribution in [0.4, 0.5) is 4.39 Å². The van der Waals surface area contributed by atoms with Crippen molar-refractivity contribution in [2.45, 2.75) is 26.0 Å². The van der Waals surface area contributed by atoms with Crippen LogP contribution in [0.2, 0.25) is 0 Å². The van der Waals surface area contributed by atoms with Crippen LogP contribution in [-0.4, -0.2) is 40.9 Å². The van der Waals surface area contributed by atoms with Crippen LogP contribution in [0.3, 0.4) is 0 Å². The van der Waals surface area contributed by atoms with Crippen LogP contribution >= 0.6 is 0 Å². The van der Waals surface area contributed by atoms with E-state index in [2.05, 4.69) is 23.1 Å². The third-order valence-corrected chi connectivity index (χ3v) is 4.02. The molecule has 1 fully saturated rings. The minimum Gasteiger partial charge on any atom is -0.371 e. The molecule has 0 radical (unpaired) electrons. The summed E-state index contributed by atoms with van der Waals surface area (Å²) in [5.41, 5.74) is 2.25. The van der Waals surface area contributed by atoms with Gasteiger partial charge in [0.1, 0.15) is 5.82 Å². The molecule has 4 nitrogen and oxygen atoms in total. The van der Waals surface area contributed by atoms with Crippen LogP contribution < -0.4 is 0 Å². The second-order valence-electron chi connectivity index (χ2n) is 5.85. The molecule has 1 atom stereocenters. The molecule has 1 aliphatic heterocycles. The van der Waals surface area contributed by atoms with Crippen molar-refractivity contribution in [2.24, 2.45) is 0 Å². The summed E-state index contributed by atoms with van der Waals surface area (Å²) in [5.74, 6) is -0.203. The maximum Gasteiger partial charge on any atom is 0.123 e. The van der Waals surface area contributed by atoms with Gasteiger partial charge in [0.2, 0.25) is 0 Å². The smallest absolute Gasteiger partial charge is 0.123 e. The Bertz CT molecular complexity index is 596. The first-order chi connectivity index (χ1) is 10.7. The Morgan fingerprint density at radius 1 is 1.27 bits per heavy atom. The van der Waals surface area contributed by atoms with Crippen molar-refractivity contribution in [1.29, 1.82) is 0 Å². The van der Waals surface area contributed by atoms with Crippen molar-refractivity contribution in [2.75, 3.05) is 26.2 Å². The summed E-state index contributed by atoms with van der Waals surface area (Å²) in [6, 6.07) is 6.63. The monoisotopic (exact) mass is 303 g/mol. The first kappa shape index (κ1) is 15.2. The van der Waals surface area contributed by atoms with Gasteiger partial charge in [0.25, 0.3) is 0 Å². The third-order valence-electron chi connectivity index (χ3n) is 4.02. The molecule has 0 aliphatic carbocycles. The zero-order valence-corrected chi connectivity index (χ0v) is 12.9. The van der Waals surface area contributed by atoms with Gasteiger partial charge in [-0.05, 0) is 36.6 Å². The molecule has 1 aromatic carbocycles. The molecule has 5 heteroatoms. The third kappa shape index (κ3) is 3.93. The fourth-order valence-electron chi connectivity index (χ4n) is 2.83. The molecule has 118 valence electrons. The topological polar surface area (TPSA) is 30.3 Å². The van der Waals surface area contributed by atoms with E-state index in [9.17, 15) is 4.39 Å². The molecular weight excluding hydrogens is 281 g/mol. The molecule has 0 bridgehead atoms. The summed E-state index contributed by atoms with van der Waals surface area (Å²) in [6.45, 7) is 6.56. The Balaban J connectivity index is 1.49. The highest BCUT2D eigenvalue weighted by Crippen LogP contribution is 2.22. The summed E-state index contributed by atoms with van der Waals surface area (Å²) < 4.78 is 20.8. The summed E-state index contributed by atoms with van der Waals surface area (Å²) >= 11 is 0. The number of hydrogen-bond donors (Lipinski definition) is 0. The normalized spacial score (nSPS) is 19.5. The van der Waals surface area contributed by atoms with E-state index >= 15 is 0 Å². The molecule has 0 N–H and O–H groups in total. The van der Waals surface area contributed by atoms with Gasteiger partial charge in [-0.3, -0.25) is 9.58 Å². The number of benzene rings is 1. The lowest BCUT2D eigenvalue weighted by Crippen LogP contribution is -2.39. The predicted octanol–water partition coefficient (Wildman–Crippen LogP) is 2.79. The van der Waals surface area contributed by atoms with Crippen LogP contribution in [0.15, 0.2) is 36.7 Å². The number of nitrogens with zero attached hydrogens (tertiary/aromatic N) is 3. The van der Waals surface area contributed by atoms with Crippen molar-refractivity contribution < 1.29 is 9.13 Å². The molecule has 2 heterocycles. The molecule has 2 aromatic rings. The first-order valence-electron chi connectivity index (χ1n) is 7.79. The van der Waals surface area contributed by atoms with Gasteiger partial charge in [0.05, 0.1) is 18.9 Å². The van der Waals surface area contributed by atoms with E-state index in [4.69, 9.17) is 4.74 Å². The van der Waals surface area contributed by atoms with Gasteiger partial charge in [-0.15, -0.1) is 0 Å². The molecule has 0 saturated carbocycles. The van der Waals surface area contributed by atoms with Crippen molar-refractivity contribution in [3.8, 4) is 0 Å². The molecule has 1 saturated heterocycles. The molecule has 3 rings (SSSR count). The predicted molar refractivity (Wildman–Crippen MR) is 83.1 cm³/mol. The van der Waals surface area contributed by atoms with E-state index in [-0.39, 0.29) is 11.9 Å². The number of hydrogen-bond acceptors (Lipinski definition) is 3. The Morgan fingerprint density at radius 3 is 2.82 bits per heavy atom. The first-order valence-corrected chi connectivity index (χ1v) is 7.79. The van der Waals surface area contributed by atoms with E-state index in [1.165, 1.54) is 17.7 Å². The number of aromatic nitrogens is 2. The van der Waals surface area contributed by atoms with Gasteiger partial charge in [0, 0.05) is 32.4 Å². The Hall–Kier alpha value is -1.72. The number of rotatable bonds is 5. The Labute approximate surface area is 130 Å². The van der Waals surface area contributed by atoms with Gasteiger partial charge < -0.3 is 4.74 Å². The number of aryl methyl sites for hydroxylation is 2. The Kier molecular flexibility index (Phi) is 4.85. The summed E-state index contributed by atoms with van der Waals surface area (Å²) in [7, 11) is 0. The highest BCUT2D eigenvalue weighted by Gasteiger charge is 2.21. The summed E-state index contributed by atoms with van der Waals surface area (Å²) in [5, 5.41) is 4.31. The molecule has 1 aliphatic rings. The van der Waals surface area contributed by atoms with Crippen LogP contribution in [0.1, 0.15) is 23.7 Å². The SMILES string of the molecule is Cc1cnn(CCCN2CCOC(c3ccc(F)cc3)C2)c1. The van der Waals surface area contributed by atoms with Crippen molar-refractivity contribution in [3.05, 3.63) is 53.6 Å². The van der Waals surface area contributed by atoms with E-state index in [0.717, 1.165) is 44.8 Å². The quantitative estimate of drug-likeness (QED) is 0.851. The highest BCUT2D eigenvalue weighted by atomic mass is 19.1. The van der Waals surface area contributed by atoms with E-state index in [1.807, 2.05) is 23.0 Å². The lowest BCUT2D eigenvalue weighted by Gasteiger charge is -2.33. The molecular formula is C17H22FN3O. The van der Waals surface area contributed by atoms with Crippen molar-refractivity contribution >= 4 is 0 Å². The van der Waals surface area contributed by atoms with E-state index in [1.54, 1.807) is 0 Å². The van der Waals surface area contributed by atoms with Gasteiger partial charge in [-0.25, -0.2) is 4.39 Å². The lowest BCUT2D eigenvalue weighted by molar-refractivity contribution is -0.0305. The van der Waals surface area contributed by atoms with Crippen molar-refractivity contribution in [3.63, 3.8) is 0 Å². The van der Waals surface area contributed by atoms with Gasteiger partial charge in [0.15, 0.2) is 0 Å². The maximum atomic E-state index is 13.0. The molecule has 1 unspecified atom stereocenters. The lowest BCUT2D eigenvalue weighted by atomic mass is 10.1. The summed E-state index contributed by atoms with van der Waals surface area (Å²) in [4.78, 5) is 2.41. The van der Waals surface area contributed by atoms with Crippen LogP contribution in [-0.2, 0) is 11.3 Å². The van der Waals surface area contributed by atoms with Crippen LogP contribution in [0, 0.1) is 12.7 Å². The minimum atomic E-state index is -0.203. The zero-order chi connectivity index (χ0) is 15.4. The molecule has 1 aromatic heterocycles. The average Bonchev–Trinajstić information content (AvgIpc) is 2.94. The average molecular weight is 303 g/mol. The highest BCUT2D eigenvalue weighted by molar-refractivity contribution is 5.19. The second kappa shape index (κ2) is 7.03. The van der Waals surface area contributed by atoms with E-state index < -0.39 is 0 Å². The fraction of sp³-hybridized carbons (Fsp3) is 0.471. The molecule has 0 spiro atoms. The number of morpholine rings is 1. The summed E-state index contributed by atoms with van der Waals surface area (Å²) in [6.07, 6.45) is 5.07. The molecule has 22 heavy (non-hydrogen) atoms. The number of ether oxygens (including phenoxy) is 1.